The van der Waals surface area contributed by atoms with Gasteiger partial charge in [-0.25, -0.2) is 4.79 Å². The summed E-state index contributed by atoms with van der Waals surface area (Å²) >= 11 is 5.60. The minimum absolute atomic E-state index is 0.220. The molecule has 1 aromatic rings. The maximum atomic E-state index is 12.3. The molecule has 1 amide bonds. The second-order valence-electron chi connectivity index (χ2n) is 7.93. The Morgan fingerprint density at radius 2 is 1.90 bits per heavy atom. The van der Waals surface area contributed by atoms with Gasteiger partial charge < -0.3 is 19.9 Å². The van der Waals surface area contributed by atoms with Crippen LogP contribution in [0.4, 0.5) is 4.79 Å². The molecule has 6 nitrogen and oxygen atoms in total. The van der Waals surface area contributed by atoms with E-state index in [0.717, 1.165) is 16.7 Å². The lowest BCUT2D eigenvalue weighted by Gasteiger charge is -2.25. The molecule has 2 N–H and O–H groups in total. The Morgan fingerprint density at radius 3 is 2.40 bits per heavy atom. The molecule has 30 heavy (non-hydrogen) atoms. The molecule has 166 valence electrons. The van der Waals surface area contributed by atoms with Gasteiger partial charge in [0.1, 0.15) is 5.60 Å². The zero-order valence-electron chi connectivity index (χ0n) is 18.1. The third-order valence-corrected chi connectivity index (χ3v) is 4.33. The first kappa shape index (κ1) is 25.7. The average Bonchev–Trinajstić information content (AvgIpc) is 2.65. The predicted octanol–water partition coefficient (Wildman–Crippen LogP) is 4.45. The van der Waals surface area contributed by atoms with Crippen LogP contribution in [-0.4, -0.2) is 42.0 Å². The Bertz CT molecular complexity index is 737. The number of hydrogen-bond donors (Lipinski definition) is 2. The van der Waals surface area contributed by atoms with Crippen LogP contribution >= 0.6 is 11.6 Å². The molecule has 0 aliphatic carbocycles. The highest BCUT2D eigenvalue weighted by Gasteiger charge is 2.26. The highest BCUT2D eigenvalue weighted by Crippen LogP contribution is 2.19. The van der Waals surface area contributed by atoms with Crippen LogP contribution in [0, 0.1) is 5.92 Å². The number of nitrogens with one attached hydrogen (secondary N) is 1. The van der Waals surface area contributed by atoms with Gasteiger partial charge >= 0.3 is 12.1 Å². The Balaban J connectivity index is 2.97. The minimum atomic E-state index is -0.738. The zero-order chi connectivity index (χ0) is 22.7. The fourth-order valence-electron chi connectivity index (χ4n) is 2.83. The molecule has 0 saturated carbocycles. The zero-order valence-corrected chi connectivity index (χ0v) is 18.9. The molecule has 0 radical (unpaired) electrons. The van der Waals surface area contributed by atoms with Crippen molar-refractivity contribution in [2.45, 2.75) is 52.2 Å². The van der Waals surface area contributed by atoms with Gasteiger partial charge in [-0.2, -0.15) is 0 Å². The number of carbonyl (C=O) groups is 2. The number of aliphatic hydroxyl groups excluding tert-OH is 1. The number of carbonyl (C=O) groups excluding carboxylic acids is 2. The number of aliphatic hydroxyl groups is 1. The molecule has 0 aliphatic heterocycles. The normalized spacial score (nSPS) is 13.5. The van der Waals surface area contributed by atoms with E-state index in [1.807, 2.05) is 24.3 Å². The van der Waals surface area contributed by atoms with Gasteiger partial charge in [0.25, 0.3) is 0 Å². The van der Waals surface area contributed by atoms with Crippen LogP contribution in [0.1, 0.15) is 45.2 Å². The first-order valence-corrected chi connectivity index (χ1v) is 10.3. The largest absolute Gasteiger partial charge is 0.466 e. The molecule has 1 aromatic carbocycles. The third-order valence-electron chi connectivity index (χ3n) is 4.20. The quantitative estimate of drug-likeness (QED) is 0.417. The Kier molecular flexibility index (Phi) is 10.6. The summed E-state index contributed by atoms with van der Waals surface area (Å²) in [5.41, 5.74) is 3.41. The first-order chi connectivity index (χ1) is 14.1. The van der Waals surface area contributed by atoms with Crippen molar-refractivity contribution in [3.63, 3.8) is 0 Å². The summed E-state index contributed by atoms with van der Waals surface area (Å²) in [4.78, 5) is 24.4. The van der Waals surface area contributed by atoms with Gasteiger partial charge in [-0.1, -0.05) is 42.4 Å². The number of hydrogen-bond acceptors (Lipinski definition) is 5. The molecule has 0 fully saturated rings. The van der Waals surface area contributed by atoms with Crippen molar-refractivity contribution in [1.82, 2.24) is 5.32 Å². The lowest BCUT2D eigenvalue weighted by molar-refractivity contribution is -0.149. The van der Waals surface area contributed by atoms with E-state index in [1.54, 1.807) is 33.8 Å². The van der Waals surface area contributed by atoms with Crippen molar-refractivity contribution in [3.8, 4) is 0 Å². The van der Waals surface area contributed by atoms with E-state index in [1.165, 1.54) is 5.54 Å². The second-order valence-corrected chi connectivity index (χ2v) is 8.18. The van der Waals surface area contributed by atoms with Crippen LogP contribution in [0.2, 0.25) is 0 Å². The molecule has 1 rings (SSSR count). The van der Waals surface area contributed by atoms with E-state index in [-0.39, 0.29) is 19.6 Å². The molecule has 0 aromatic heterocycles. The van der Waals surface area contributed by atoms with Crippen LogP contribution in [0.5, 0.6) is 0 Å². The van der Waals surface area contributed by atoms with E-state index in [9.17, 15) is 14.7 Å². The highest BCUT2D eigenvalue weighted by molar-refractivity contribution is 6.26. The number of esters is 1. The number of halogens is 1. The van der Waals surface area contributed by atoms with Gasteiger partial charge in [0, 0.05) is 11.6 Å². The smallest absolute Gasteiger partial charge is 0.407 e. The summed E-state index contributed by atoms with van der Waals surface area (Å²) in [5, 5.41) is 12.5. The molecule has 2 atom stereocenters. The van der Waals surface area contributed by atoms with Gasteiger partial charge in [-0.3, -0.25) is 4.79 Å². The summed E-state index contributed by atoms with van der Waals surface area (Å²) in [7, 11) is 0. The van der Waals surface area contributed by atoms with E-state index in [4.69, 9.17) is 21.1 Å². The molecule has 2 unspecified atom stereocenters. The molecular weight excluding hydrogens is 406 g/mol. The summed E-state index contributed by atoms with van der Waals surface area (Å²) in [6.07, 6.45) is 1.80. The second kappa shape index (κ2) is 12.4. The number of alkyl carbamates (subject to hydrolysis) is 1. The maximum Gasteiger partial charge on any atom is 0.407 e. The van der Waals surface area contributed by atoms with Gasteiger partial charge in [0.15, 0.2) is 0 Å². The van der Waals surface area contributed by atoms with E-state index < -0.39 is 29.6 Å². The van der Waals surface area contributed by atoms with Gasteiger partial charge in [0.2, 0.25) is 0 Å². The molecular formula is C23H32ClNO5. The van der Waals surface area contributed by atoms with E-state index in [0.29, 0.717) is 6.42 Å². The summed E-state index contributed by atoms with van der Waals surface area (Å²) in [5.74, 6) is -1.23. The Morgan fingerprint density at radius 1 is 1.27 bits per heavy atom. The minimum Gasteiger partial charge on any atom is -0.466 e. The lowest BCUT2D eigenvalue weighted by atomic mass is 9.94. The third kappa shape index (κ3) is 9.46. The van der Waals surface area contributed by atoms with Gasteiger partial charge in [-0.15, -0.1) is 0 Å². The monoisotopic (exact) mass is 437 g/mol. The van der Waals surface area contributed by atoms with Crippen molar-refractivity contribution in [2.75, 3.05) is 13.2 Å². The first-order valence-electron chi connectivity index (χ1n) is 9.91. The average molecular weight is 438 g/mol. The maximum absolute atomic E-state index is 12.3. The van der Waals surface area contributed by atoms with E-state index in [2.05, 4.69) is 11.9 Å². The summed E-state index contributed by atoms with van der Waals surface area (Å²) in [6.45, 7) is 10.8. The number of allylic oxidation sites excluding steroid dienone is 2. The number of amides is 1. The Hall–Kier alpha value is -2.31. The number of rotatable bonds is 10. The van der Waals surface area contributed by atoms with Crippen LogP contribution < -0.4 is 5.32 Å². The molecule has 0 spiro atoms. The standard InChI is InChI=1S/C23H32ClNO5/c1-6-29-21(27)19(15-26)14-20(25-22(28)30-23(3,4)5)13-17-7-9-18(10-8-17)16(2)11-12-24/h7-12,19-20,26H,2,6,13-15H2,1,3-5H3,(H,25,28). The molecule has 0 heterocycles. The molecule has 0 aliphatic rings. The van der Waals surface area contributed by atoms with Crippen molar-refractivity contribution in [2.24, 2.45) is 5.92 Å². The van der Waals surface area contributed by atoms with Crippen LogP contribution in [0.3, 0.4) is 0 Å². The summed E-state index contributed by atoms with van der Waals surface area (Å²) in [6, 6.07) is 7.23. The van der Waals surface area contributed by atoms with Crippen LogP contribution in [-0.2, 0) is 20.7 Å². The summed E-state index contributed by atoms with van der Waals surface area (Å²) < 4.78 is 10.4. The van der Waals surface area contributed by atoms with Crippen molar-refractivity contribution in [1.29, 1.82) is 0 Å². The fraction of sp³-hybridized carbons (Fsp3) is 0.478. The van der Waals surface area contributed by atoms with Crippen molar-refractivity contribution >= 4 is 29.2 Å². The topological polar surface area (TPSA) is 84.9 Å². The SMILES string of the molecule is C=C(C=CCl)c1ccc(CC(CC(CO)C(=O)OCC)NC(=O)OC(C)(C)C)cc1. The van der Waals surface area contributed by atoms with Crippen molar-refractivity contribution in [3.05, 3.63) is 53.6 Å². The molecule has 7 heteroatoms. The van der Waals surface area contributed by atoms with Crippen molar-refractivity contribution < 1.29 is 24.2 Å². The lowest BCUT2D eigenvalue weighted by Crippen LogP contribution is -2.42. The number of ether oxygens (including phenoxy) is 2. The van der Waals surface area contributed by atoms with Gasteiger partial charge in [0.05, 0.1) is 19.1 Å². The van der Waals surface area contributed by atoms with E-state index >= 15 is 0 Å². The number of benzene rings is 1. The molecule has 0 bridgehead atoms. The predicted molar refractivity (Wildman–Crippen MR) is 119 cm³/mol. The fourth-order valence-corrected chi connectivity index (χ4v) is 2.98. The van der Waals surface area contributed by atoms with Crippen LogP contribution in [0.25, 0.3) is 5.57 Å². The molecule has 0 saturated heterocycles. The van der Waals surface area contributed by atoms with Gasteiger partial charge in [-0.05, 0) is 63.3 Å². The highest BCUT2D eigenvalue weighted by atomic mass is 35.5. The Labute approximate surface area is 183 Å². The van der Waals surface area contributed by atoms with Crippen LogP contribution in [0.15, 0.2) is 42.5 Å².